The van der Waals surface area contributed by atoms with Crippen molar-refractivity contribution in [1.29, 1.82) is 0 Å². The molecule has 0 aliphatic carbocycles. The Hall–Kier alpha value is -2.21. The lowest BCUT2D eigenvalue weighted by Crippen LogP contribution is -2.62. The number of nitrogens with zero attached hydrogens (tertiary/aromatic N) is 1. The van der Waals surface area contributed by atoms with Crippen LogP contribution in [0.4, 0.5) is 0 Å². The van der Waals surface area contributed by atoms with Crippen LogP contribution in [0.25, 0.3) is 6.08 Å². The van der Waals surface area contributed by atoms with E-state index in [0.717, 1.165) is 37.8 Å². The molecule has 1 aliphatic rings. The van der Waals surface area contributed by atoms with E-state index >= 15 is 0 Å². The standard InChI is InChI=1S/C25H40N2O4/c1-9-10-13-27(19-16-24(2,3)26-25(4,5)17-19)22(28)12-11-18-14-20(29-6)23(31-8)21(15-18)30-7/h11-12,14-15,19,26H,9-10,13,16-17H2,1-8H3/b12-11+. The third kappa shape index (κ3) is 6.63. The van der Waals surface area contributed by atoms with E-state index < -0.39 is 0 Å². The molecule has 1 aliphatic heterocycles. The van der Waals surface area contributed by atoms with Crippen LogP contribution in [0.15, 0.2) is 18.2 Å². The Morgan fingerprint density at radius 3 is 2.06 bits per heavy atom. The number of piperidine rings is 1. The van der Waals surface area contributed by atoms with E-state index in [9.17, 15) is 4.79 Å². The predicted molar refractivity (Wildman–Crippen MR) is 126 cm³/mol. The van der Waals surface area contributed by atoms with Gasteiger partial charge in [-0.2, -0.15) is 0 Å². The Morgan fingerprint density at radius 2 is 1.61 bits per heavy atom. The van der Waals surface area contributed by atoms with Crippen LogP contribution in [0, 0.1) is 0 Å². The van der Waals surface area contributed by atoms with Gasteiger partial charge in [-0.25, -0.2) is 0 Å². The third-order valence-electron chi connectivity index (χ3n) is 5.75. The molecule has 6 heteroatoms. The first-order valence-electron chi connectivity index (χ1n) is 11.1. The van der Waals surface area contributed by atoms with Crippen molar-refractivity contribution in [2.45, 2.75) is 77.4 Å². The first-order valence-corrected chi connectivity index (χ1v) is 11.1. The van der Waals surface area contributed by atoms with Crippen molar-refractivity contribution >= 4 is 12.0 Å². The summed E-state index contributed by atoms with van der Waals surface area (Å²) >= 11 is 0. The van der Waals surface area contributed by atoms with Crippen molar-refractivity contribution in [2.24, 2.45) is 0 Å². The van der Waals surface area contributed by atoms with Crippen LogP contribution in [0.3, 0.4) is 0 Å². The summed E-state index contributed by atoms with van der Waals surface area (Å²) in [5.74, 6) is 1.72. The summed E-state index contributed by atoms with van der Waals surface area (Å²) in [6.07, 6.45) is 7.40. The average Bonchev–Trinajstić information content (AvgIpc) is 2.69. The molecule has 6 nitrogen and oxygen atoms in total. The van der Waals surface area contributed by atoms with Gasteiger partial charge in [0.25, 0.3) is 0 Å². The number of rotatable bonds is 9. The molecule has 0 radical (unpaired) electrons. The van der Waals surface area contributed by atoms with Gasteiger partial charge >= 0.3 is 0 Å². The molecule has 31 heavy (non-hydrogen) atoms. The van der Waals surface area contributed by atoms with Gasteiger partial charge in [0, 0.05) is 29.7 Å². The number of carbonyl (C=O) groups excluding carboxylic acids is 1. The molecule has 2 rings (SSSR count). The summed E-state index contributed by atoms with van der Waals surface area (Å²) in [7, 11) is 4.75. The number of hydrogen-bond donors (Lipinski definition) is 1. The van der Waals surface area contributed by atoms with Gasteiger partial charge in [0.2, 0.25) is 11.7 Å². The number of unbranched alkanes of at least 4 members (excludes halogenated alkanes) is 1. The van der Waals surface area contributed by atoms with Crippen molar-refractivity contribution in [3.8, 4) is 17.2 Å². The minimum absolute atomic E-state index is 0.0163. The number of ether oxygens (including phenoxy) is 3. The Bertz CT molecular complexity index is 745. The van der Waals surface area contributed by atoms with Crippen LogP contribution in [0.1, 0.15) is 65.9 Å². The lowest BCUT2D eigenvalue weighted by molar-refractivity contribution is -0.130. The second-order valence-electron chi connectivity index (χ2n) is 9.63. The zero-order valence-electron chi connectivity index (χ0n) is 20.5. The van der Waals surface area contributed by atoms with E-state index in [2.05, 4.69) is 44.8 Å². The summed E-state index contributed by atoms with van der Waals surface area (Å²) in [5.41, 5.74) is 0.791. The number of benzene rings is 1. The number of nitrogens with one attached hydrogen (secondary N) is 1. The number of hydrogen-bond acceptors (Lipinski definition) is 5. The van der Waals surface area contributed by atoms with Crippen LogP contribution in [0.5, 0.6) is 17.2 Å². The molecule has 1 N–H and O–H groups in total. The first kappa shape index (κ1) is 25.1. The second-order valence-corrected chi connectivity index (χ2v) is 9.63. The second kappa shape index (κ2) is 10.4. The van der Waals surface area contributed by atoms with Gasteiger partial charge in [0.05, 0.1) is 21.3 Å². The van der Waals surface area contributed by atoms with Crippen LogP contribution in [-0.2, 0) is 4.79 Å². The van der Waals surface area contributed by atoms with E-state index in [1.165, 1.54) is 0 Å². The molecular formula is C25H40N2O4. The van der Waals surface area contributed by atoms with Crippen molar-refractivity contribution in [3.05, 3.63) is 23.8 Å². The molecule has 0 unspecified atom stereocenters. The average molecular weight is 433 g/mol. The van der Waals surface area contributed by atoms with Crippen LogP contribution < -0.4 is 19.5 Å². The van der Waals surface area contributed by atoms with E-state index in [4.69, 9.17) is 14.2 Å². The van der Waals surface area contributed by atoms with E-state index in [0.29, 0.717) is 17.2 Å². The Balaban J connectivity index is 2.29. The van der Waals surface area contributed by atoms with Gasteiger partial charge in [0.1, 0.15) is 0 Å². The molecule has 174 valence electrons. The summed E-state index contributed by atoms with van der Waals surface area (Å²) in [5, 5.41) is 3.71. The molecule has 1 heterocycles. The molecule has 1 fully saturated rings. The van der Waals surface area contributed by atoms with Crippen LogP contribution >= 0.6 is 0 Å². The zero-order valence-corrected chi connectivity index (χ0v) is 20.5. The van der Waals surface area contributed by atoms with Crippen molar-refractivity contribution in [1.82, 2.24) is 10.2 Å². The number of amides is 1. The summed E-state index contributed by atoms with van der Waals surface area (Å²) in [6.45, 7) is 11.8. The SMILES string of the molecule is CCCCN(C(=O)/C=C/c1cc(OC)c(OC)c(OC)c1)C1CC(C)(C)NC(C)(C)C1. The molecule has 0 spiro atoms. The highest BCUT2D eigenvalue weighted by molar-refractivity contribution is 5.92. The first-order chi connectivity index (χ1) is 14.6. The minimum Gasteiger partial charge on any atom is -0.493 e. The fraction of sp³-hybridized carbons (Fsp3) is 0.640. The Labute approximate surface area is 187 Å². The fourth-order valence-electron chi connectivity index (χ4n) is 4.75. The van der Waals surface area contributed by atoms with Gasteiger partial charge < -0.3 is 24.4 Å². The van der Waals surface area contributed by atoms with E-state index in [-0.39, 0.29) is 23.0 Å². The van der Waals surface area contributed by atoms with Gasteiger partial charge in [-0.1, -0.05) is 13.3 Å². The molecule has 1 saturated heterocycles. The predicted octanol–water partition coefficient (Wildman–Crippen LogP) is 4.66. The molecule has 1 amide bonds. The van der Waals surface area contributed by atoms with Gasteiger partial charge in [-0.15, -0.1) is 0 Å². The van der Waals surface area contributed by atoms with Crippen molar-refractivity contribution in [2.75, 3.05) is 27.9 Å². The Kier molecular flexibility index (Phi) is 8.41. The summed E-state index contributed by atoms with van der Waals surface area (Å²) < 4.78 is 16.2. The highest BCUT2D eigenvalue weighted by Gasteiger charge is 2.40. The summed E-state index contributed by atoms with van der Waals surface area (Å²) in [6, 6.07) is 3.89. The smallest absolute Gasteiger partial charge is 0.246 e. The van der Waals surface area contributed by atoms with Crippen LogP contribution in [0.2, 0.25) is 0 Å². The van der Waals surface area contributed by atoms with Crippen LogP contribution in [-0.4, -0.2) is 55.8 Å². The quantitative estimate of drug-likeness (QED) is 0.575. The molecule has 0 bridgehead atoms. The Morgan fingerprint density at radius 1 is 1.06 bits per heavy atom. The van der Waals surface area contributed by atoms with Crippen molar-refractivity contribution < 1.29 is 19.0 Å². The lowest BCUT2D eigenvalue weighted by atomic mass is 9.79. The highest BCUT2D eigenvalue weighted by Crippen LogP contribution is 2.38. The summed E-state index contributed by atoms with van der Waals surface area (Å²) in [4.78, 5) is 15.4. The maximum atomic E-state index is 13.3. The number of carbonyl (C=O) groups is 1. The monoisotopic (exact) mass is 432 g/mol. The topological polar surface area (TPSA) is 60.0 Å². The van der Waals surface area contributed by atoms with Gasteiger partial charge in [0.15, 0.2) is 11.5 Å². The maximum absolute atomic E-state index is 13.3. The van der Waals surface area contributed by atoms with E-state index in [1.807, 2.05) is 18.2 Å². The molecule has 0 atom stereocenters. The molecule has 0 saturated carbocycles. The largest absolute Gasteiger partial charge is 0.493 e. The zero-order chi connectivity index (χ0) is 23.2. The number of methoxy groups -OCH3 is 3. The fourth-order valence-corrected chi connectivity index (χ4v) is 4.75. The lowest BCUT2D eigenvalue weighted by Gasteiger charge is -2.49. The highest BCUT2D eigenvalue weighted by atomic mass is 16.5. The van der Waals surface area contributed by atoms with Gasteiger partial charge in [-0.3, -0.25) is 4.79 Å². The minimum atomic E-state index is -0.0163. The van der Waals surface area contributed by atoms with Crippen molar-refractivity contribution in [3.63, 3.8) is 0 Å². The maximum Gasteiger partial charge on any atom is 0.246 e. The molecule has 1 aromatic rings. The molecule has 1 aromatic carbocycles. The van der Waals surface area contributed by atoms with Gasteiger partial charge in [-0.05, 0) is 70.7 Å². The third-order valence-corrected chi connectivity index (χ3v) is 5.75. The molecular weight excluding hydrogens is 392 g/mol. The molecule has 0 aromatic heterocycles. The normalized spacial score (nSPS) is 18.1. The van der Waals surface area contributed by atoms with E-state index in [1.54, 1.807) is 27.4 Å².